The van der Waals surface area contributed by atoms with Gasteiger partial charge in [0.15, 0.2) is 0 Å². The molecular formula is C36H21N5. The molecule has 5 aromatic heterocycles. The minimum Gasteiger partial charge on any atom is -0.309 e. The van der Waals surface area contributed by atoms with Crippen molar-refractivity contribution in [3.05, 3.63) is 127 Å². The van der Waals surface area contributed by atoms with E-state index in [4.69, 9.17) is 9.97 Å². The summed E-state index contributed by atoms with van der Waals surface area (Å²) in [5.41, 5.74) is 13.9. The molecule has 9 aromatic rings. The summed E-state index contributed by atoms with van der Waals surface area (Å²) in [5.74, 6) is 0. The lowest BCUT2D eigenvalue weighted by molar-refractivity contribution is 1.18. The summed E-state index contributed by atoms with van der Waals surface area (Å²) in [6, 6.07) is 34.9. The van der Waals surface area contributed by atoms with Crippen molar-refractivity contribution in [2.75, 3.05) is 0 Å². The number of nitrogens with zero attached hydrogens (tertiary/aromatic N) is 5. The van der Waals surface area contributed by atoms with Crippen LogP contribution in [0.4, 0.5) is 0 Å². The van der Waals surface area contributed by atoms with Crippen molar-refractivity contribution in [1.82, 2.24) is 23.9 Å². The van der Waals surface area contributed by atoms with E-state index in [1.54, 1.807) is 0 Å². The van der Waals surface area contributed by atoms with Gasteiger partial charge in [-0.05, 0) is 83.3 Å². The van der Waals surface area contributed by atoms with Gasteiger partial charge < -0.3 is 4.57 Å². The third-order valence-electron chi connectivity index (χ3n) is 8.84. The molecule has 1 aliphatic rings. The van der Waals surface area contributed by atoms with E-state index in [2.05, 4.69) is 98.9 Å². The average Bonchev–Trinajstić information content (AvgIpc) is 3.70. The molecular weight excluding hydrogens is 502 g/mol. The van der Waals surface area contributed by atoms with Crippen LogP contribution in [0.5, 0.6) is 0 Å². The largest absolute Gasteiger partial charge is 0.309 e. The number of para-hydroxylation sites is 2. The topological polar surface area (TPSA) is 48.0 Å². The molecule has 5 heterocycles. The van der Waals surface area contributed by atoms with E-state index in [1.807, 2.05) is 30.7 Å². The number of rotatable bonds is 1. The second-order valence-electron chi connectivity index (χ2n) is 10.9. The van der Waals surface area contributed by atoms with Crippen LogP contribution in [0.15, 0.2) is 116 Å². The molecule has 0 N–H and O–H groups in total. The lowest BCUT2D eigenvalue weighted by Crippen LogP contribution is -1.94. The van der Waals surface area contributed by atoms with Crippen LogP contribution in [0.2, 0.25) is 0 Å². The van der Waals surface area contributed by atoms with Crippen LogP contribution in [0.3, 0.4) is 0 Å². The Morgan fingerprint density at radius 3 is 2.46 bits per heavy atom. The summed E-state index contributed by atoms with van der Waals surface area (Å²) >= 11 is 0. The van der Waals surface area contributed by atoms with Gasteiger partial charge in [0.05, 0.1) is 39.3 Å². The molecule has 0 saturated heterocycles. The molecule has 5 heteroatoms. The summed E-state index contributed by atoms with van der Waals surface area (Å²) in [7, 11) is 0. The highest BCUT2D eigenvalue weighted by molar-refractivity contribution is 6.16. The predicted molar refractivity (Wildman–Crippen MR) is 166 cm³/mol. The number of fused-ring (bicyclic) bond motifs is 15. The number of aromatic nitrogens is 5. The minimum absolute atomic E-state index is 0.884. The SMILES string of the molecule is c1ccc(-n2c3ccccc3c3c4c(ccc32)-c2cc3c(cc2C4)c2nc4ccncc4n2c2cccnc32)cc1. The van der Waals surface area contributed by atoms with Gasteiger partial charge in [-0.25, -0.2) is 4.98 Å². The summed E-state index contributed by atoms with van der Waals surface area (Å²) in [4.78, 5) is 14.4. The number of imidazole rings is 1. The fourth-order valence-corrected chi connectivity index (χ4v) is 7.17. The molecule has 190 valence electrons. The van der Waals surface area contributed by atoms with Gasteiger partial charge in [-0.2, -0.15) is 0 Å². The molecule has 0 atom stereocenters. The molecule has 10 rings (SSSR count). The number of benzene rings is 4. The van der Waals surface area contributed by atoms with E-state index >= 15 is 0 Å². The molecule has 0 bridgehead atoms. The molecule has 4 aromatic carbocycles. The highest BCUT2D eigenvalue weighted by Gasteiger charge is 2.26. The standard InChI is InChI=1S/C36H21N5/c1-2-7-22(8-3-1)40-30-10-5-4-9-24(30)34-26-17-21-18-28-27(19-25(21)23(26)12-13-31(34)40)35-32(11-6-15-38-35)41-33-20-37-16-14-29(33)39-36(28)41/h1-16,18-20H,17H2. The maximum Gasteiger partial charge on any atom is 0.146 e. The van der Waals surface area contributed by atoms with Gasteiger partial charge in [0.2, 0.25) is 0 Å². The monoisotopic (exact) mass is 523 g/mol. The zero-order chi connectivity index (χ0) is 26.7. The fourth-order valence-electron chi connectivity index (χ4n) is 7.17. The first-order valence-corrected chi connectivity index (χ1v) is 13.9. The van der Waals surface area contributed by atoms with Crippen molar-refractivity contribution < 1.29 is 0 Å². The molecule has 0 aliphatic heterocycles. The molecule has 0 amide bonds. The van der Waals surface area contributed by atoms with Gasteiger partial charge in [0.25, 0.3) is 0 Å². The Balaban J connectivity index is 1.31. The Hall–Kier alpha value is -5.55. The zero-order valence-electron chi connectivity index (χ0n) is 21.9. The maximum absolute atomic E-state index is 5.09. The van der Waals surface area contributed by atoms with E-state index in [1.165, 1.54) is 49.7 Å². The Labute approximate surface area is 234 Å². The van der Waals surface area contributed by atoms with Crippen molar-refractivity contribution in [3.8, 4) is 16.8 Å². The van der Waals surface area contributed by atoms with Crippen LogP contribution in [-0.2, 0) is 6.42 Å². The minimum atomic E-state index is 0.884. The Morgan fingerprint density at radius 2 is 1.51 bits per heavy atom. The van der Waals surface area contributed by atoms with Crippen LogP contribution in [0.1, 0.15) is 11.1 Å². The highest BCUT2D eigenvalue weighted by atomic mass is 15.0. The van der Waals surface area contributed by atoms with Crippen molar-refractivity contribution in [1.29, 1.82) is 0 Å². The first-order chi connectivity index (χ1) is 20.3. The quantitative estimate of drug-likeness (QED) is 0.204. The van der Waals surface area contributed by atoms with Gasteiger partial charge in [-0.15, -0.1) is 0 Å². The van der Waals surface area contributed by atoms with Gasteiger partial charge in [0, 0.05) is 39.6 Å². The zero-order valence-corrected chi connectivity index (χ0v) is 21.9. The normalized spacial score (nSPS) is 12.8. The molecule has 0 saturated carbocycles. The first-order valence-electron chi connectivity index (χ1n) is 13.9. The van der Waals surface area contributed by atoms with Crippen LogP contribution in [0, 0.1) is 0 Å². The number of hydrogen-bond acceptors (Lipinski definition) is 3. The molecule has 1 aliphatic carbocycles. The van der Waals surface area contributed by atoms with Gasteiger partial charge >= 0.3 is 0 Å². The van der Waals surface area contributed by atoms with Gasteiger partial charge in [-0.1, -0.05) is 42.5 Å². The Bertz CT molecular complexity index is 2550. The summed E-state index contributed by atoms with van der Waals surface area (Å²) in [5, 5.41) is 4.90. The molecule has 41 heavy (non-hydrogen) atoms. The fraction of sp³-hybridized carbons (Fsp3) is 0.0278. The molecule has 0 spiro atoms. The summed E-state index contributed by atoms with van der Waals surface area (Å²) in [6.45, 7) is 0. The third kappa shape index (κ3) is 2.68. The van der Waals surface area contributed by atoms with E-state index in [-0.39, 0.29) is 0 Å². The second-order valence-corrected chi connectivity index (χ2v) is 10.9. The van der Waals surface area contributed by atoms with Crippen LogP contribution in [-0.4, -0.2) is 23.9 Å². The van der Waals surface area contributed by atoms with Crippen LogP contribution in [0.25, 0.3) is 77.1 Å². The van der Waals surface area contributed by atoms with E-state index in [0.29, 0.717) is 0 Å². The lowest BCUT2D eigenvalue weighted by atomic mass is 9.99. The maximum atomic E-state index is 5.09. The van der Waals surface area contributed by atoms with Gasteiger partial charge in [-0.3, -0.25) is 14.4 Å². The van der Waals surface area contributed by atoms with E-state index in [9.17, 15) is 0 Å². The Morgan fingerprint density at radius 1 is 0.634 bits per heavy atom. The van der Waals surface area contributed by atoms with E-state index < -0.39 is 0 Å². The molecule has 0 unspecified atom stereocenters. The average molecular weight is 524 g/mol. The third-order valence-corrected chi connectivity index (χ3v) is 8.84. The lowest BCUT2D eigenvalue weighted by Gasteiger charge is -2.11. The van der Waals surface area contributed by atoms with Crippen LogP contribution < -0.4 is 0 Å². The molecule has 0 fully saturated rings. The first kappa shape index (κ1) is 21.3. The van der Waals surface area contributed by atoms with Crippen molar-refractivity contribution in [2.24, 2.45) is 0 Å². The van der Waals surface area contributed by atoms with Crippen molar-refractivity contribution >= 4 is 60.3 Å². The molecule has 0 radical (unpaired) electrons. The number of hydrogen-bond donors (Lipinski definition) is 0. The van der Waals surface area contributed by atoms with E-state index in [0.717, 1.165) is 44.9 Å². The molecule has 5 nitrogen and oxygen atoms in total. The van der Waals surface area contributed by atoms with Gasteiger partial charge in [0.1, 0.15) is 5.65 Å². The van der Waals surface area contributed by atoms with Crippen molar-refractivity contribution in [3.63, 3.8) is 0 Å². The summed E-state index contributed by atoms with van der Waals surface area (Å²) in [6.07, 6.45) is 6.47. The van der Waals surface area contributed by atoms with Crippen molar-refractivity contribution in [2.45, 2.75) is 6.42 Å². The van der Waals surface area contributed by atoms with Crippen LogP contribution >= 0.6 is 0 Å². The second kappa shape index (κ2) is 7.55. The number of pyridine rings is 3. The predicted octanol–water partition coefficient (Wildman–Crippen LogP) is 8.25. The summed E-state index contributed by atoms with van der Waals surface area (Å²) < 4.78 is 4.61. The highest BCUT2D eigenvalue weighted by Crippen LogP contribution is 2.46. The smallest absolute Gasteiger partial charge is 0.146 e. The Kier molecular flexibility index (Phi) is 3.92.